The maximum absolute atomic E-state index is 12.4. The summed E-state index contributed by atoms with van der Waals surface area (Å²) in [5, 5.41) is 3.53. The number of carbonyl (C=O) groups excluding carboxylic acids is 1. The van der Waals surface area contributed by atoms with Gasteiger partial charge in [0, 0.05) is 30.1 Å². The number of aryl methyl sites for hydroxylation is 1. The summed E-state index contributed by atoms with van der Waals surface area (Å²) in [6.07, 6.45) is 2.58. The van der Waals surface area contributed by atoms with Gasteiger partial charge in [0.05, 0.1) is 17.6 Å². The number of hydrogen-bond acceptors (Lipinski definition) is 3. The Labute approximate surface area is 212 Å². The molecule has 0 aliphatic carbocycles. The predicted molar refractivity (Wildman–Crippen MR) is 142 cm³/mol. The Kier molecular flexibility index (Phi) is 8.43. The number of rotatable bonds is 11. The number of imidazole rings is 1. The molecule has 1 amide bonds. The topological polar surface area (TPSA) is 56.1 Å². The van der Waals surface area contributed by atoms with Crippen molar-refractivity contribution in [2.45, 2.75) is 45.6 Å². The van der Waals surface area contributed by atoms with Crippen LogP contribution in [0.2, 0.25) is 5.02 Å². The van der Waals surface area contributed by atoms with E-state index in [4.69, 9.17) is 21.3 Å². The van der Waals surface area contributed by atoms with Gasteiger partial charge in [-0.2, -0.15) is 0 Å². The Hall–Kier alpha value is -3.31. The van der Waals surface area contributed by atoms with Crippen LogP contribution in [0.15, 0.2) is 72.8 Å². The monoisotopic (exact) mass is 489 g/mol. The maximum Gasteiger partial charge on any atom is 0.251 e. The molecule has 0 bridgehead atoms. The fourth-order valence-electron chi connectivity index (χ4n) is 4.10. The van der Waals surface area contributed by atoms with Crippen LogP contribution in [-0.2, 0) is 13.0 Å². The summed E-state index contributed by atoms with van der Waals surface area (Å²) in [4.78, 5) is 17.3. The molecule has 6 heteroatoms. The number of nitrogens with zero attached hydrogens (tertiary/aromatic N) is 2. The van der Waals surface area contributed by atoms with Crippen molar-refractivity contribution in [2.24, 2.45) is 0 Å². The minimum absolute atomic E-state index is 0.131. The van der Waals surface area contributed by atoms with Gasteiger partial charge in [0.25, 0.3) is 5.91 Å². The summed E-state index contributed by atoms with van der Waals surface area (Å²) in [6, 6.07) is 23.5. The van der Waals surface area contributed by atoms with Gasteiger partial charge < -0.3 is 14.6 Å². The van der Waals surface area contributed by atoms with E-state index in [1.807, 2.05) is 18.2 Å². The van der Waals surface area contributed by atoms with Crippen molar-refractivity contribution in [2.75, 3.05) is 13.2 Å². The van der Waals surface area contributed by atoms with E-state index in [0.29, 0.717) is 36.1 Å². The number of hydrogen-bond donors (Lipinski definition) is 1. The minimum atomic E-state index is -0.131. The number of fused-ring (bicyclic) bond motifs is 1. The van der Waals surface area contributed by atoms with E-state index in [-0.39, 0.29) is 5.91 Å². The van der Waals surface area contributed by atoms with E-state index in [1.165, 1.54) is 5.56 Å². The zero-order valence-electron chi connectivity index (χ0n) is 20.3. The van der Waals surface area contributed by atoms with Crippen LogP contribution < -0.4 is 10.1 Å². The Morgan fingerprint density at radius 3 is 2.60 bits per heavy atom. The summed E-state index contributed by atoms with van der Waals surface area (Å²) in [6.45, 7) is 6.42. The summed E-state index contributed by atoms with van der Waals surface area (Å²) >= 11 is 6.01. The molecule has 0 unspecified atom stereocenters. The molecule has 0 fully saturated rings. The van der Waals surface area contributed by atoms with Crippen LogP contribution in [0.5, 0.6) is 5.75 Å². The largest absolute Gasteiger partial charge is 0.494 e. The smallest absolute Gasteiger partial charge is 0.251 e. The molecule has 1 N–H and O–H groups in total. The highest BCUT2D eigenvalue weighted by Gasteiger charge is 2.12. The van der Waals surface area contributed by atoms with Crippen molar-refractivity contribution in [1.82, 2.24) is 14.9 Å². The second-order valence-corrected chi connectivity index (χ2v) is 9.40. The first-order valence-electron chi connectivity index (χ1n) is 12.2. The Morgan fingerprint density at radius 2 is 1.83 bits per heavy atom. The molecule has 1 aromatic heterocycles. The number of amides is 1. The molecule has 0 aliphatic rings. The summed E-state index contributed by atoms with van der Waals surface area (Å²) in [5.74, 6) is 2.28. The maximum atomic E-state index is 12.4. The van der Waals surface area contributed by atoms with Gasteiger partial charge in [0.15, 0.2) is 0 Å². The van der Waals surface area contributed by atoms with E-state index in [2.05, 4.69) is 54.1 Å². The van der Waals surface area contributed by atoms with Crippen molar-refractivity contribution in [3.63, 3.8) is 0 Å². The standard InChI is InChI=1S/C29H32ClN3O2/c1-21(2)22-12-14-25(15-13-22)35-19-6-5-18-33-27-11-4-3-10-26(27)32-28(33)16-17-31-29(34)23-8-7-9-24(30)20-23/h3-4,7-15,20-21H,5-6,16-19H2,1-2H3,(H,31,34). The fourth-order valence-corrected chi connectivity index (χ4v) is 4.29. The first kappa shape index (κ1) is 24.8. The summed E-state index contributed by atoms with van der Waals surface area (Å²) < 4.78 is 8.20. The van der Waals surface area contributed by atoms with E-state index in [1.54, 1.807) is 24.3 Å². The van der Waals surface area contributed by atoms with Crippen molar-refractivity contribution in [3.05, 3.63) is 94.8 Å². The molecule has 0 saturated heterocycles. The second kappa shape index (κ2) is 11.9. The molecule has 0 radical (unpaired) electrons. The zero-order valence-corrected chi connectivity index (χ0v) is 21.1. The van der Waals surface area contributed by atoms with Crippen LogP contribution >= 0.6 is 11.6 Å². The predicted octanol–water partition coefficient (Wildman–Crippen LogP) is 6.64. The molecule has 4 aromatic rings. The highest BCUT2D eigenvalue weighted by atomic mass is 35.5. The SMILES string of the molecule is CC(C)c1ccc(OCCCCn2c(CCNC(=O)c3cccc(Cl)c3)nc3ccccc32)cc1. The highest BCUT2D eigenvalue weighted by molar-refractivity contribution is 6.30. The van der Waals surface area contributed by atoms with Gasteiger partial charge in [0.2, 0.25) is 0 Å². The van der Waals surface area contributed by atoms with E-state index in [0.717, 1.165) is 42.0 Å². The molecule has 0 spiro atoms. The van der Waals surface area contributed by atoms with Gasteiger partial charge in [0.1, 0.15) is 11.6 Å². The van der Waals surface area contributed by atoms with Gasteiger partial charge in [-0.1, -0.05) is 55.8 Å². The molecule has 3 aromatic carbocycles. The third kappa shape index (κ3) is 6.64. The number of nitrogens with one attached hydrogen (secondary N) is 1. The van der Waals surface area contributed by atoms with Gasteiger partial charge in [-0.05, 0) is 66.8 Å². The molecule has 5 nitrogen and oxygen atoms in total. The lowest BCUT2D eigenvalue weighted by molar-refractivity contribution is 0.0954. The van der Waals surface area contributed by atoms with Crippen LogP contribution in [0.3, 0.4) is 0 Å². The van der Waals surface area contributed by atoms with Crippen molar-refractivity contribution < 1.29 is 9.53 Å². The minimum Gasteiger partial charge on any atom is -0.494 e. The lowest BCUT2D eigenvalue weighted by Gasteiger charge is -2.11. The molecule has 0 aliphatic heterocycles. The van der Waals surface area contributed by atoms with E-state index in [9.17, 15) is 4.79 Å². The average Bonchev–Trinajstić information content (AvgIpc) is 3.21. The molecule has 4 rings (SSSR count). The number of para-hydroxylation sites is 2. The third-order valence-corrected chi connectivity index (χ3v) is 6.28. The number of aromatic nitrogens is 2. The summed E-state index contributed by atoms with van der Waals surface area (Å²) in [7, 11) is 0. The summed E-state index contributed by atoms with van der Waals surface area (Å²) in [5.41, 5.74) is 3.98. The first-order chi connectivity index (χ1) is 17.0. The van der Waals surface area contributed by atoms with Crippen LogP contribution in [0, 0.1) is 0 Å². The number of carbonyl (C=O) groups is 1. The lowest BCUT2D eigenvalue weighted by Crippen LogP contribution is -2.26. The molecular formula is C29H32ClN3O2. The lowest BCUT2D eigenvalue weighted by atomic mass is 10.0. The van der Waals surface area contributed by atoms with Crippen LogP contribution in [0.1, 0.15) is 54.4 Å². The normalized spacial score (nSPS) is 11.2. The van der Waals surface area contributed by atoms with Crippen molar-refractivity contribution >= 4 is 28.5 Å². The number of halogens is 1. The van der Waals surface area contributed by atoms with Gasteiger partial charge >= 0.3 is 0 Å². The number of unbranched alkanes of at least 4 members (excludes halogenated alkanes) is 1. The van der Waals surface area contributed by atoms with Crippen molar-refractivity contribution in [3.8, 4) is 5.75 Å². The van der Waals surface area contributed by atoms with Gasteiger partial charge in [-0.15, -0.1) is 0 Å². The number of ether oxygens (including phenoxy) is 1. The fraction of sp³-hybridized carbons (Fsp3) is 0.310. The van der Waals surface area contributed by atoms with Crippen molar-refractivity contribution in [1.29, 1.82) is 0 Å². The second-order valence-electron chi connectivity index (χ2n) is 8.96. The zero-order chi connectivity index (χ0) is 24.6. The molecular weight excluding hydrogens is 458 g/mol. The van der Waals surface area contributed by atoms with Crippen LogP contribution in [-0.4, -0.2) is 28.6 Å². The van der Waals surface area contributed by atoms with Gasteiger partial charge in [-0.25, -0.2) is 4.98 Å². The molecule has 0 saturated carbocycles. The average molecular weight is 490 g/mol. The molecule has 182 valence electrons. The van der Waals surface area contributed by atoms with E-state index < -0.39 is 0 Å². The molecule has 35 heavy (non-hydrogen) atoms. The Morgan fingerprint density at radius 1 is 1.03 bits per heavy atom. The third-order valence-electron chi connectivity index (χ3n) is 6.05. The van der Waals surface area contributed by atoms with E-state index >= 15 is 0 Å². The van der Waals surface area contributed by atoms with Crippen LogP contribution in [0.25, 0.3) is 11.0 Å². The Balaban J connectivity index is 1.31. The quantitative estimate of drug-likeness (QED) is 0.240. The first-order valence-corrected chi connectivity index (χ1v) is 12.6. The van der Waals surface area contributed by atoms with Crippen LogP contribution in [0.4, 0.5) is 0 Å². The highest BCUT2D eigenvalue weighted by Crippen LogP contribution is 2.20. The van der Waals surface area contributed by atoms with Gasteiger partial charge in [-0.3, -0.25) is 4.79 Å². The molecule has 0 atom stereocenters. The Bertz CT molecular complexity index is 1260. The number of benzene rings is 3. The molecule has 1 heterocycles.